The second-order valence-corrected chi connectivity index (χ2v) is 11.6. The van der Waals surface area contributed by atoms with Crippen LogP contribution >= 0.6 is 11.3 Å². The van der Waals surface area contributed by atoms with Crippen molar-refractivity contribution in [2.75, 3.05) is 11.8 Å². The number of sulfonamides is 1. The van der Waals surface area contributed by atoms with E-state index in [0.717, 1.165) is 31.9 Å². The van der Waals surface area contributed by atoms with Gasteiger partial charge in [-0.3, -0.25) is 14.2 Å². The Balaban J connectivity index is 1.56. The van der Waals surface area contributed by atoms with Gasteiger partial charge in [0.15, 0.2) is 5.78 Å². The average Bonchev–Trinajstić information content (AvgIpc) is 3.52. The molecule has 4 aromatic heterocycles. The van der Waals surface area contributed by atoms with Crippen LogP contribution in [0.25, 0.3) is 31.9 Å². The van der Waals surface area contributed by atoms with E-state index in [9.17, 15) is 13.2 Å². The van der Waals surface area contributed by atoms with Crippen molar-refractivity contribution in [3.05, 3.63) is 66.4 Å². The molecule has 0 saturated carbocycles. The summed E-state index contributed by atoms with van der Waals surface area (Å²) >= 11 is 1.51. The van der Waals surface area contributed by atoms with Crippen molar-refractivity contribution in [1.82, 2.24) is 24.7 Å². The molecule has 5 heterocycles. The Morgan fingerprint density at radius 1 is 1.08 bits per heavy atom. The van der Waals surface area contributed by atoms with E-state index in [2.05, 4.69) is 24.8 Å². The number of aryl methyl sites for hydroxylation is 2. The van der Waals surface area contributed by atoms with E-state index in [-0.39, 0.29) is 28.7 Å². The maximum Gasteiger partial charge on any atom is 0.262 e. The number of nitrogens with one attached hydrogen (secondary N) is 1. The van der Waals surface area contributed by atoms with Gasteiger partial charge in [0.25, 0.3) is 10.0 Å². The van der Waals surface area contributed by atoms with Crippen molar-refractivity contribution in [1.29, 1.82) is 0 Å². The number of benzene rings is 1. The normalized spacial score (nSPS) is 14.9. The highest BCUT2D eigenvalue weighted by atomic mass is 32.2. The highest BCUT2D eigenvalue weighted by molar-refractivity contribution is 7.92. The van der Waals surface area contributed by atoms with Gasteiger partial charge in [0.1, 0.15) is 12.0 Å². The second kappa shape index (κ2) is 9.30. The first-order valence-corrected chi connectivity index (χ1v) is 14.1. The largest absolute Gasteiger partial charge is 0.480 e. The Morgan fingerprint density at radius 2 is 1.95 bits per heavy atom. The molecule has 12 heteroatoms. The fourth-order valence-corrected chi connectivity index (χ4v) is 6.86. The Labute approximate surface area is 222 Å². The summed E-state index contributed by atoms with van der Waals surface area (Å²) in [5.41, 5.74) is 4.56. The van der Waals surface area contributed by atoms with Crippen LogP contribution in [0.5, 0.6) is 5.88 Å². The molecule has 1 aliphatic heterocycles. The summed E-state index contributed by atoms with van der Waals surface area (Å²) in [5.74, 6) is -0.0190. The van der Waals surface area contributed by atoms with Crippen LogP contribution in [0.3, 0.4) is 0 Å². The predicted octanol–water partition coefficient (Wildman–Crippen LogP) is 4.71. The van der Waals surface area contributed by atoms with Crippen LogP contribution in [0.1, 0.15) is 28.8 Å². The highest BCUT2D eigenvalue weighted by Gasteiger charge is 2.22. The van der Waals surface area contributed by atoms with E-state index < -0.39 is 10.0 Å². The molecule has 0 atom stereocenters. The topological polar surface area (TPSA) is 129 Å². The minimum Gasteiger partial charge on any atom is -0.480 e. The minimum absolute atomic E-state index is 0.0246. The first kappa shape index (κ1) is 24.2. The van der Waals surface area contributed by atoms with Crippen LogP contribution in [0.2, 0.25) is 0 Å². The summed E-state index contributed by atoms with van der Waals surface area (Å²) in [6.45, 7) is 2.50. The molecule has 0 aliphatic carbocycles. The number of rotatable bonds is 1. The van der Waals surface area contributed by atoms with Gasteiger partial charge in [0.2, 0.25) is 5.88 Å². The highest BCUT2D eigenvalue weighted by Crippen LogP contribution is 2.42. The van der Waals surface area contributed by atoms with Gasteiger partial charge in [-0.25, -0.2) is 23.4 Å². The number of thiophene rings is 1. The van der Waals surface area contributed by atoms with Crippen LogP contribution in [-0.2, 0) is 16.6 Å². The number of methoxy groups -OCH3 is 1. The first-order chi connectivity index (χ1) is 18.3. The van der Waals surface area contributed by atoms with Crippen molar-refractivity contribution >= 4 is 43.0 Å². The van der Waals surface area contributed by atoms with Crippen LogP contribution in [0, 0.1) is 6.92 Å². The number of Topliss-reactive ketones (excluding diaryl/α,β-unsaturated/α-hetero) is 1. The van der Waals surface area contributed by atoms with E-state index in [1.807, 2.05) is 13.1 Å². The van der Waals surface area contributed by atoms with E-state index in [4.69, 9.17) is 4.74 Å². The molecule has 0 radical (unpaired) electrons. The summed E-state index contributed by atoms with van der Waals surface area (Å²) in [6, 6.07) is 7.72. The lowest BCUT2D eigenvalue weighted by atomic mass is 10.1. The maximum absolute atomic E-state index is 13.3. The van der Waals surface area contributed by atoms with E-state index in [1.165, 1.54) is 36.9 Å². The molecular formula is C26H22N6O4S2. The number of anilines is 1. The van der Waals surface area contributed by atoms with Gasteiger partial charge >= 0.3 is 0 Å². The lowest BCUT2D eigenvalue weighted by Crippen LogP contribution is -2.15. The summed E-state index contributed by atoms with van der Waals surface area (Å²) in [7, 11) is -2.62. The standard InChI is InChI=1S/C26H22N6O4S2/c1-15-22-25-23(29-14-28-22)18-12-30-32(13-18)8-4-7-21(33)16-5-3-6-19(9-16)38(34,35)31-20-10-17(24(15)37-25)11-27-26(20)36-2/h3,5-6,9-14,31H,4,7-8H2,1-2H3. The summed E-state index contributed by atoms with van der Waals surface area (Å²) in [5, 5.41) is 4.47. The predicted molar refractivity (Wildman–Crippen MR) is 144 cm³/mol. The molecule has 1 N–H and O–H groups in total. The SMILES string of the molecule is COc1ncc2cc1NS(=O)(=O)c1cccc(c1)C(=O)CCCn1cc(cn1)-c1ncnc3c(C)c-2sc13. The van der Waals surface area contributed by atoms with E-state index >= 15 is 0 Å². The molecule has 192 valence electrons. The van der Waals surface area contributed by atoms with Crippen LogP contribution in [0.4, 0.5) is 5.69 Å². The number of hydrogen-bond donors (Lipinski definition) is 1. The molecular weight excluding hydrogens is 524 g/mol. The monoisotopic (exact) mass is 546 g/mol. The molecule has 0 fully saturated rings. The number of ketones is 1. The Morgan fingerprint density at radius 3 is 2.79 bits per heavy atom. The van der Waals surface area contributed by atoms with Crippen molar-refractivity contribution < 1.29 is 17.9 Å². The number of carbonyl (C=O) groups excluding carboxylic acids is 1. The average molecular weight is 547 g/mol. The smallest absolute Gasteiger partial charge is 0.262 e. The van der Waals surface area contributed by atoms with Gasteiger partial charge in [-0.2, -0.15) is 5.10 Å². The number of pyridine rings is 1. The Hall–Kier alpha value is -4.16. The molecule has 1 aliphatic rings. The Kier molecular flexibility index (Phi) is 5.92. The van der Waals surface area contributed by atoms with Gasteiger partial charge in [-0.15, -0.1) is 11.3 Å². The van der Waals surface area contributed by atoms with Gasteiger partial charge in [0, 0.05) is 46.9 Å². The van der Waals surface area contributed by atoms with Gasteiger partial charge < -0.3 is 4.74 Å². The van der Waals surface area contributed by atoms with Crippen LogP contribution < -0.4 is 9.46 Å². The van der Waals surface area contributed by atoms with Crippen LogP contribution in [-0.4, -0.2) is 46.0 Å². The molecule has 8 bridgehead atoms. The van der Waals surface area contributed by atoms with Gasteiger partial charge in [-0.1, -0.05) is 12.1 Å². The van der Waals surface area contributed by atoms with Gasteiger partial charge in [-0.05, 0) is 37.1 Å². The van der Waals surface area contributed by atoms with Crippen molar-refractivity contribution in [3.8, 4) is 27.6 Å². The number of aromatic nitrogens is 5. The zero-order valence-corrected chi connectivity index (χ0v) is 22.1. The zero-order valence-electron chi connectivity index (χ0n) is 20.5. The Bertz CT molecular complexity index is 1830. The third kappa shape index (κ3) is 4.21. The number of ether oxygens (including phenoxy) is 1. The number of hydrogen-bond acceptors (Lipinski definition) is 9. The molecule has 0 saturated heterocycles. The van der Waals surface area contributed by atoms with Crippen molar-refractivity contribution in [2.45, 2.75) is 31.2 Å². The molecule has 10 nitrogen and oxygen atoms in total. The lowest BCUT2D eigenvalue weighted by molar-refractivity contribution is 0.0978. The molecule has 5 aromatic rings. The third-order valence-electron chi connectivity index (χ3n) is 6.42. The maximum atomic E-state index is 13.3. The van der Waals surface area contributed by atoms with Crippen molar-refractivity contribution in [2.24, 2.45) is 0 Å². The molecule has 1 aromatic carbocycles. The fraction of sp³-hybridized carbons (Fsp3) is 0.192. The second-order valence-electron chi connectivity index (χ2n) is 8.89. The quantitative estimate of drug-likeness (QED) is 0.320. The summed E-state index contributed by atoms with van der Waals surface area (Å²) in [4.78, 5) is 27.2. The third-order valence-corrected chi connectivity index (χ3v) is 9.12. The molecule has 6 rings (SSSR count). The zero-order chi connectivity index (χ0) is 26.4. The lowest BCUT2D eigenvalue weighted by Gasteiger charge is -2.13. The van der Waals surface area contributed by atoms with E-state index in [0.29, 0.717) is 24.1 Å². The fourth-order valence-electron chi connectivity index (χ4n) is 4.51. The van der Waals surface area contributed by atoms with E-state index in [1.54, 1.807) is 35.3 Å². The van der Waals surface area contributed by atoms with Crippen molar-refractivity contribution in [3.63, 3.8) is 0 Å². The minimum atomic E-state index is -4.04. The summed E-state index contributed by atoms with van der Waals surface area (Å²) < 4.78 is 37.3. The van der Waals surface area contributed by atoms with Gasteiger partial charge in [0.05, 0.1) is 34.1 Å². The number of carbonyl (C=O) groups is 1. The number of fused-ring (bicyclic) bond motifs is 9. The molecule has 0 spiro atoms. The molecule has 0 amide bonds. The summed E-state index contributed by atoms with van der Waals surface area (Å²) in [6.07, 6.45) is 7.65. The first-order valence-electron chi connectivity index (χ1n) is 11.8. The van der Waals surface area contributed by atoms with Crippen LogP contribution in [0.15, 0.2) is 60.1 Å². The molecule has 38 heavy (non-hydrogen) atoms. The molecule has 0 unspecified atom stereocenters. The number of nitrogens with zero attached hydrogens (tertiary/aromatic N) is 5.